The minimum Gasteiger partial charge on any atom is -0.368 e. The number of nitrogens with zero attached hydrogens (tertiary/aromatic N) is 3. The average molecular weight is 329 g/mol. The maximum absolute atomic E-state index is 12.9. The first kappa shape index (κ1) is 14.2. The van der Waals surface area contributed by atoms with Gasteiger partial charge >= 0.3 is 10.2 Å². The SMILES string of the molecule is Nc1nc(Cl)c(N2CC(S(=O)(=O)F)CC2=O)c(Cl)n1. The Bertz CT molecular complexity index is 630. The molecule has 0 saturated carbocycles. The highest BCUT2D eigenvalue weighted by Crippen LogP contribution is 2.35. The molecule has 1 atom stereocenters. The zero-order chi connectivity index (χ0) is 14.4. The molecule has 1 aliphatic rings. The van der Waals surface area contributed by atoms with Gasteiger partial charge in [0.15, 0.2) is 10.3 Å². The fraction of sp³-hybridized carbons (Fsp3) is 0.375. The van der Waals surface area contributed by atoms with Crippen LogP contribution in [0.4, 0.5) is 15.5 Å². The number of aromatic nitrogens is 2. The summed E-state index contributed by atoms with van der Waals surface area (Å²) in [5.41, 5.74) is 5.23. The van der Waals surface area contributed by atoms with Crippen molar-refractivity contribution in [1.29, 1.82) is 0 Å². The first-order valence-corrected chi connectivity index (χ1v) is 7.12. The van der Waals surface area contributed by atoms with E-state index < -0.39 is 34.3 Å². The van der Waals surface area contributed by atoms with Gasteiger partial charge in [0.25, 0.3) is 0 Å². The van der Waals surface area contributed by atoms with E-state index in [1.165, 1.54) is 0 Å². The monoisotopic (exact) mass is 328 g/mol. The summed E-state index contributed by atoms with van der Waals surface area (Å²) in [6.07, 6.45) is -0.490. The van der Waals surface area contributed by atoms with E-state index in [1.54, 1.807) is 0 Å². The van der Waals surface area contributed by atoms with Gasteiger partial charge < -0.3 is 10.6 Å². The Morgan fingerprint density at radius 3 is 2.26 bits per heavy atom. The van der Waals surface area contributed by atoms with E-state index in [1.807, 2.05) is 0 Å². The van der Waals surface area contributed by atoms with Crippen molar-refractivity contribution in [2.24, 2.45) is 0 Å². The highest BCUT2D eigenvalue weighted by atomic mass is 35.5. The highest BCUT2D eigenvalue weighted by Gasteiger charge is 2.40. The number of nitrogens with two attached hydrogens (primary N) is 1. The van der Waals surface area contributed by atoms with Gasteiger partial charge in [0.2, 0.25) is 11.9 Å². The number of amides is 1. The van der Waals surface area contributed by atoms with E-state index in [0.29, 0.717) is 0 Å². The van der Waals surface area contributed by atoms with Crippen LogP contribution in [0.25, 0.3) is 0 Å². The number of carbonyl (C=O) groups is 1. The summed E-state index contributed by atoms with van der Waals surface area (Å²) in [4.78, 5) is 19.9. The smallest absolute Gasteiger partial charge is 0.307 e. The van der Waals surface area contributed by atoms with Gasteiger partial charge in [0, 0.05) is 13.0 Å². The Morgan fingerprint density at radius 2 is 1.84 bits per heavy atom. The molecule has 2 rings (SSSR count). The van der Waals surface area contributed by atoms with Crippen LogP contribution in [0, 0.1) is 0 Å². The van der Waals surface area contributed by atoms with E-state index in [2.05, 4.69) is 9.97 Å². The quantitative estimate of drug-likeness (QED) is 0.634. The zero-order valence-electron chi connectivity index (χ0n) is 9.18. The molecule has 11 heteroatoms. The van der Waals surface area contributed by atoms with Crippen molar-refractivity contribution < 1.29 is 17.1 Å². The third-order valence-corrected chi connectivity index (χ3v) is 4.21. The van der Waals surface area contributed by atoms with E-state index >= 15 is 0 Å². The average Bonchev–Trinajstić information content (AvgIpc) is 2.59. The second-order valence-corrected chi connectivity index (χ2v) is 6.15. The van der Waals surface area contributed by atoms with Gasteiger partial charge in [-0.05, 0) is 0 Å². The lowest BCUT2D eigenvalue weighted by atomic mass is 10.4. The topological polar surface area (TPSA) is 106 Å². The van der Waals surface area contributed by atoms with Gasteiger partial charge in [-0.2, -0.15) is 18.4 Å². The third kappa shape index (κ3) is 2.72. The molecule has 2 N–H and O–H groups in total. The summed E-state index contributed by atoms with van der Waals surface area (Å²) >= 11 is 11.6. The van der Waals surface area contributed by atoms with E-state index in [4.69, 9.17) is 28.9 Å². The molecule has 0 aliphatic carbocycles. The molecule has 0 aromatic carbocycles. The summed E-state index contributed by atoms with van der Waals surface area (Å²) in [6.45, 7) is -0.398. The predicted molar refractivity (Wildman–Crippen MR) is 67.3 cm³/mol. The van der Waals surface area contributed by atoms with Crippen molar-refractivity contribution in [3.8, 4) is 0 Å². The molecular weight excluding hydrogens is 322 g/mol. The number of halogens is 3. The number of nitrogen functional groups attached to an aromatic ring is 1. The van der Waals surface area contributed by atoms with Gasteiger partial charge in [-0.15, -0.1) is 3.89 Å². The highest BCUT2D eigenvalue weighted by molar-refractivity contribution is 7.87. The molecule has 19 heavy (non-hydrogen) atoms. The summed E-state index contributed by atoms with van der Waals surface area (Å²) in [5, 5.41) is -1.87. The van der Waals surface area contributed by atoms with Crippen LogP contribution in [0.1, 0.15) is 6.42 Å². The van der Waals surface area contributed by atoms with Crippen molar-refractivity contribution in [2.45, 2.75) is 11.7 Å². The maximum atomic E-state index is 12.9. The molecule has 1 fully saturated rings. The standard InChI is InChI=1S/C8H7Cl2FN4O3S/c9-6-5(7(10)14-8(12)13-6)15-2-3(1-4(15)16)19(11,17)18/h3H,1-2H2,(H2,12,13,14). The predicted octanol–water partition coefficient (Wildman–Crippen LogP) is 0.770. The third-order valence-electron chi connectivity index (χ3n) is 2.57. The summed E-state index contributed by atoms with van der Waals surface area (Å²) in [5.74, 6) is -0.830. The number of hydrogen-bond donors (Lipinski definition) is 1. The molecule has 1 aromatic heterocycles. The van der Waals surface area contributed by atoms with Crippen molar-refractivity contribution in [3.05, 3.63) is 10.3 Å². The normalized spacial score (nSPS) is 20.1. The minimum atomic E-state index is -4.82. The van der Waals surface area contributed by atoms with E-state index in [-0.39, 0.29) is 21.9 Å². The van der Waals surface area contributed by atoms with Crippen LogP contribution in [-0.2, 0) is 15.0 Å². The molecule has 2 heterocycles. The van der Waals surface area contributed by atoms with Crippen LogP contribution in [0.15, 0.2) is 0 Å². The molecule has 104 valence electrons. The van der Waals surface area contributed by atoms with Crippen LogP contribution in [-0.4, -0.2) is 36.1 Å². The number of rotatable bonds is 2. The molecule has 1 aromatic rings. The largest absolute Gasteiger partial charge is 0.368 e. The molecule has 1 unspecified atom stereocenters. The molecule has 0 spiro atoms. The lowest BCUT2D eigenvalue weighted by Crippen LogP contribution is -2.28. The lowest BCUT2D eigenvalue weighted by Gasteiger charge is -2.17. The van der Waals surface area contributed by atoms with Crippen molar-refractivity contribution in [1.82, 2.24) is 9.97 Å². The molecule has 0 bridgehead atoms. The van der Waals surface area contributed by atoms with Crippen LogP contribution >= 0.6 is 23.2 Å². The van der Waals surface area contributed by atoms with Gasteiger partial charge in [-0.1, -0.05) is 23.2 Å². The van der Waals surface area contributed by atoms with E-state index in [9.17, 15) is 17.1 Å². The number of carbonyl (C=O) groups excluding carboxylic acids is 1. The molecule has 1 amide bonds. The van der Waals surface area contributed by atoms with Crippen molar-refractivity contribution >= 4 is 51.0 Å². The Kier molecular flexibility index (Phi) is 3.54. The molecule has 1 aliphatic heterocycles. The Hall–Kier alpha value is -1.19. The van der Waals surface area contributed by atoms with Crippen LogP contribution in [0.2, 0.25) is 10.3 Å². The Morgan fingerprint density at radius 1 is 1.32 bits per heavy atom. The van der Waals surface area contributed by atoms with Crippen LogP contribution in [0.5, 0.6) is 0 Å². The van der Waals surface area contributed by atoms with Gasteiger partial charge in [0.1, 0.15) is 10.9 Å². The summed E-state index contributed by atoms with van der Waals surface area (Å²) in [6, 6.07) is 0. The van der Waals surface area contributed by atoms with Crippen LogP contribution in [0.3, 0.4) is 0 Å². The molecule has 0 radical (unpaired) electrons. The fourth-order valence-electron chi connectivity index (χ4n) is 1.72. The molecular formula is C8H7Cl2FN4O3S. The number of hydrogen-bond acceptors (Lipinski definition) is 6. The Labute approximate surface area is 117 Å². The zero-order valence-corrected chi connectivity index (χ0v) is 11.5. The first-order chi connectivity index (χ1) is 8.70. The summed E-state index contributed by atoms with van der Waals surface area (Å²) < 4.78 is 34.5. The second-order valence-electron chi connectivity index (χ2n) is 3.82. The fourth-order valence-corrected chi connectivity index (χ4v) is 2.99. The van der Waals surface area contributed by atoms with Crippen LogP contribution < -0.4 is 10.6 Å². The van der Waals surface area contributed by atoms with Gasteiger partial charge in [-0.25, -0.2) is 0 Å². The second kappa shape index (κ2) is 4.73. The van der Waals surface area contributed by atoms with Crippen molar-refractivity contribution in [2.75, 3.05) is 17.2 Å². The van der Waals surface area contributed by atoms with Gasteiger partial charge in [0.05, 0.1) is 0 Å². The maximum Gasteiger partial charge on any atom is 0.307 e. The minimum absolute atomic E-state index is 0.0753. The Balaban J connectivity index is 2.42. The van der Waals surface area contributed by atoms with Gasteiger partial charge in [-0.3, -0.25) is 4.79 Å². The molecule has 7 nitrogen and oxygen atoms in total. The summed E-state index contributed by atoms with van der Waals surface area (Å²) in [7, 11) is -4.82. The molecule has 1 saturated heterocycles. The lowest BCUT2D eigenvalue weighted by molar-refractivity contribution is -0.117. The van der Waals surface area contributed by atoms with Crippen molar-refractivity contribution in [3.63, 3.8) is 0 Å². The van der Waals surface area contributed by atoms with E-state index in [0.717, 1.165) is 4.90 Å². The first-order valence-electron chi connectivity index (χ1n) is 4.92. The number of anilines is 2.